The molecular formula is C29H37NO4S2. The minimum atomic E-state index is -0.334. The Morgan fingerprint density at radius 3 is 2.56 bits per heavy atom. The van der Waals surface area contributed by atoms with Crippen molar-refractivity contribution < 1.29 is 13.9 Å². The first kappa shape index (κ1) is 28.2. The molecule has 0 fully saturated rings. The van der Waals surface area contributed by atoms with Gasteiger partial charge in [0.25, 0.3) is 0 Å². The van der Waals surface area contributed by atoms with Crippen molar-refractivity contribution in [3.8, 4) is 17.0 Å². The number of aryl methyl sites for hydroxylation is 2. The molecule has 5 nitrogen and oxygen atoms in total. The van der Waals surface area contributed by atoms with E-state index in [2.05, 4.69) is 43.6 Å². The molecular weight excluding hydrogens is 490 g/mol. The minimum Gasteiger partial charge on any atom is -0.501 e. The van der Waals surface area contributed by atoms with Gasteiger partial charge in [0.2, 0.25) is 5.88 Å². The lowest BCUT2D eigenvalue weighted by atomic mass is 9.95. The number of pyridine rings is 1. The minimum absolute atomic E-state index is 0.334. The fraction of sp³-hybridized carbons (Fsp3) is 0.448. The molecule has 0 bridgehead atoms. The van der Waals surface area contributed by atoms with E-state index in [-0.39, 0.29) is 5.63 Å². The van der Waals surface area contributed by atoms with Crippen LogP contribution in [-0.2, 0) is 17.6 Å². The maximum Gasteiger partial charge on any atom is 0.344 e. The van der Waals surface area contributed by atoms with Gasteiger partial charge in [0, 0.05) is 40.7 Å². The Labute approximate surface area is 223 Å². The first-order valence-electron chi connectivity index (χ1n) is 12.7. The molecule has 2 heterocycles. The van der Waals surface area contributed by atoms with E-state index in [9.17, 15) is 4.79 Å². The highest BCUT2D eigenvalue weighted by Crippen LogP contribution is 2.27. The average Bonchev–Trinajstić information content (AvgIpc) is 2.89. The zero-order chi connectivity index (χ0) is 25.6. The normalized spacial score (nSPS) is 11.1. The largest absolute Gasteiger partial charge is 0.501 e. The van der Waals surface area contributed by atoms with Gasteiger partial charge in [-0.3, -0.25) is 0 Å². The Bertz CT molecular complexity index is 1160. The summed E-state index contributed by atoms with van der Waals surface area (Å²) in [6.45, 7) is 9.14. The van der Waals surface area contributed by atoms with Gasteiger partial charge in [-0.2, -0.15) is 23.5 Å². The maximum absolute atomic E-state index is 12.9. The van der Waals surface area contributed by atoms with Crippen LogP contribution in [0.3, 0.4) is 0 Å². The number of thioether (sulfide) groups is 2. The lowest BCUT2D eigenvalue weighted by Crippen LogP contribution is -2.06. The van der Waals surface area contributed by atoms with Crippen LogP contribution in [0.25, 0.3) is 22.1 Å². The second-order valence-corrected chi connectivity index (χ2v) is 10.9. The summed E-state index contributed by atoms with van der Waals surface area (Å²) in [5, 5.41) is 0.790. The van der Waals surface area contributed by atoms with Gasteiger partial charge in [0.05, 0.1) is 25.0 Å². The molecule has 36 heavy (non-hydrogen) atoms. The Balaban J connectivity index is 1.58. The zero-order valence-electron chi connectivity index (χ0n) is 21.4. The van der Waals surface area contributed by atoms with E-state index in [0.717, 1.165) is 46.8 Å². The van der Waals surface area contributed by atoms with Crippen LogP contribution < -0.4 is 10.4 Å². The van der Waals surface area contributed by atoms with E-state index in [1.165, 1.54) is 36.7 Å². The van der Waals surface area contributed by atoms with Gasteiger partial charge in [0.15, 0.2) is 0 Å². The second kappa shape index (κ2) is 15.7. The Morgan fingerprint density at radius 2 is 1.81 bits per heavy atom. The number of hydrogen-bond acceptors (Lipinski definition) is 7. The third-order valence-electron chi connectivity index (χ3n) is 5.82. The molecule has 0 atom stereocenters. The standard InChI is InChI=1S/C29H37NO4S2/c1-4-7-8-9-22-10-11-25(23(5-2)18-22)26-19-24-21-30-28(20-27(24)34-29(26)31)33-13-15-36-17-16-35-14-12-32-6-3/h6,10-11,18-21H,3-5,7-9,12-17H2,1-2H3. The van der Waals surface area contributed by atoms with E-state index >= 15 is 0 Å². The molecule has 0 saturated carbocycles. The number of hydrogen-bond donors (Lipinski definition) is 0. The van der Waals surface area contributed by atoms with Crippen molar-refractivity contribution >= 4 is 34.5 Å². The molecule has 0 N–H and O–H groups in total. The van der Waals surface area contributed by atoms with Crippen LogP contribution in [0.2, 0.25) is 0 Å². The molecule has 0 aliphatic rings. The number of unbranched alkanes of at least 4 members (excludes halogenated alkanes) is 2. The summed E-state index contributed by atoms with van der Waals surface area (Å²) in [6, 6.07) is 10.0. The Hall–Kier alpha value is -2.38. The highest BCUT2D eigenvalue weighted by atomic mass is 32.2. The fourth-order valence-electron chi connectivity index (χ4n) is 3.92. The van der Waals surface area contributed by atoms with Gasteiger partial charge in [0.1, 0.15) is 5.58 Å². The number of fused-ring (bicyclic) bond motifs is 1. The summed E-state index contributed by atoms with van der Waals surface area (Å²) in [7, 11) is 0. The van der Waals surface area contributed by atoms with Crippen molar-refractivity contribution in [2.24, 2.45) is 0 Å². The van der Waals surface area contributed by atoms with Gasteiger partial charge < -0.3 is 13.9 Å². The van der Waals surface area contributed by atoms with Crippen LogP contribution in [0.15, 0.2) is 58.6 Å². The van der Waals surface area contributed by atoms with Crippen molar-refractivity contribution in [3.63, 3.8) is 0 Å². The number of nitrogens with zero attached hydrogens (tertiary/aromatic N) is 1. The van der Waals surface area contributed by atoms with Gasteiger partial charge in [-0.25, -0.2) is 9.78 Å². The third-order valence-corrected chi connectivity index (χ3v) is 7.97. The predicted octanol–water partition coefficient (Wildman–Crippen LogP) is 7.16. The van der Waals surface area contributed by atoms with Crippen molar-refractivity contribution in [1.29, 1.82) is 0 Å². The van der Waals surface area contributed by atoms with Crippen LogP contribution in [0.4, 0.5) is 0 Å². The first-order chi connectivity index (χ1) is 17.7. The first-order valence-corrected chi connectivity index (χ1v) is 15.0. The number of ether oxygens (including phenoxy) is 2. The van der Waals surface area contributed by atoms with Gasteiger partial charge in [-0.15, -0.1) is 0 Å². The zero-order valence-corrected chi connectivity index (χ0v) is 23.1. The number of benzene rings is 1. The highest BCUT2D eigenvalue weighted by molar-refractivity contribution is 8.02. The molecule has 0 aliphatic carbocycles. The molecule has 7 heteroatoms. The van der Waals surface area contributed by atoms with Crippen LogP contribution in [0.1, 0.15) is 44.2 Å². The summed E-state index contributed by atoms with van der Waals surface area (Å²) in [4.78, 5) is 17.3. The summed E-state index contributed by atoms with van der Waals surface area (Å²) >= 11 is 3.71. The van der Waals surface area contributed by atoms with Gasteiger partial charge in [-0.05, 0) is 42.0 Å². The maximum atomic E-state index is 12.9. The Morgan fingerprint density at radius 1 is 1.00 bits per heavy atom. The third kappa shape index (κ3) is 8.63. The van der Waals surface area contributed by atoms with Crippen molar-refractivity contribution in [3.05, 3.63) is 70.9 Å². The molecule has 0 unspecified atom stereocenters. The summed E-state index contributed by atoms with van der Waals surface area (Å²) in [5.74, 6) is 4.46. The van der Waals surface area contributed by atoms with Crippen molar-refractivity contribution in [2.45, 2.75) is 46.0 Å². The molecule has 194 valence electrons. The fourth-order valence-corrected chi connectivity index (χ4v) is 5.68. The highest BCUT2D eigenvalue weighted by Gasteiger charge is 2.13. The smallest absolute Gasteiger partial charge is 0.344 e. The SMILES string of the molecule is C=COCCSCCSCCOc1cc2oc(=O)c(-c3ccc(CCCCC)cc3CC)cc2cn1. The monoisotopic (exact) mass is 527 g/mol. The molecule has 0 radical (unpaired) electrons. The molecule has 0 saturated heterocycles. The molecule has 0 aliphatic heterocycles. The summed E-state index contributed by atoms with van der Waals surface area (Å²) in [5.41, 5.74) is 4.18. The van der Waals surface area contributed by atoms with Crippen LogP contribution >= 0.6 is 23.5 Å². The molecule has 2 aromatic heterocycles. The lowest BCUT2D eigenvalue weighted by Gasteiger charge is -2.11. The van der Waals surface area contributed by atoms with Gasteiger partial charge >= 0.3 is 5.63 Å². The van der Waals surface area contributed by atoms with Crippen LogP contribution in [-0.4, -0.2) is 41.2 Å². The van der Waals surface area contributed by atoms with Gasteiger partial charge in [-0.1, -0.05) is 51.5 Å². The summed E-state index contributed by atoms with van der Waals surface area (Å²) < 4.78 is 16.6. The topological polar surface area (TPSA) is 61.6 Å². The average molecular weight is 528 g/mol. The van der Waals surface area contributed by atoms with E-state index < -0.39 is 0 Å². The van der Waals surface area contributed by atoms with E-state index in [0.29, 0.717) is 30.2 Å². The summed E-state index contributed by atoms with van der Waals surface area (Å²) in [6.07, 6.45) is 8.77. The molecule has 3 aromatic rings. The van der Waals surface area contributed by atoms with Crippen molar-refractivity contribution in [2.75, 3.05) is 36.2 Å². The number of aromatic nitrogens is 1. The van der Waals surface area contributed by atoms with Crippen LogP contribution in [0, 0.1) is 0 Å². The molecule has 1 aromatic carbocycles. The number of rotatable bonds is 17. The van der Waals surface area contributed by atoms with Crippen LogP contribution in [0.5, 0.6) is 5.88 Å². The van der Waals surface area contributed by atoms with E-state index in [1.807, 2.05) is 29.6 Å². The lowest BCUT2D eigenvalue weighted by molar-refractivity contribution is 0.274. The molecule has 0 spiro atoms. The predicted molar refractivity (Wildman–Crippen MR) is 155 cm³/mol. The van der Waals surface area contributed by atoms with E-state index in [1.54, 1.807) is 12.3 Å². The quantitative estimate of drug-likeness (QED) is 0.136. The second-order valence-electron chi connectivity index (χ2n) is 8.42. The molecule has 3 rings (SSSR count). The van der Waals surface area contributed by atoms with Crippen molar-refractivity contribution in [1.82, 2.24) is 4.98 Å². The molecule has 0 amide bonds. The Kier molecular flexibility index (Phi) is 12.3. The van der Waals surface area contributed by atoms with E-state index in [4.69, 9.17) is 13.9 Å².